The molecule has 28 heavy (non-hydrogen) atoms. The SMILES string of the molecule is CNS(=O)(=O)c1cccc(C(=O)O[C@H](C)C(=O)Nc2ccc(N(C)C)cc2)c1. The van der Waals surface area contributed by atoms with Crippen LogP contribution in [0.2, 0.25) is 0 Å². The lowest BCUT2D eigenvalue weighted by Crippen LogP contribution is -2.30. The number of esters is 1. The molecule has 0 spiro atoms. The molecule has 9 heteroatoms. The maximum atomic E-state index is 12.3. The van der Waals surface area contributed by atoms with Crippen molar-refractivity contribution < 1.29 is 22.7 Å². The van der Waals surface area contributed by atoms with Crippen LogP contribution in [-0.2, 0) is 19.6 Å². The number of benzene rings is 2. The van der Waals surface area contributed by atoms with Gasteiger partial charge in [-0.15, -0.1) is 0 Å². The molecule has 8 nitrogen and oxygen atoms in total. The first-order valence-corrected chi connectivity index (χ1v) is 9.95. The van der Waals surface area contributed by atoms with Crippen molar-refractivity contribution in [2.24, 2.45) is 0 Å². The fraction of sp³-hybridized carbons (Fsp3) is 0.263. The molecule has 0 fully saturated rings. The second-order valence-corrected chi connectivity index (χ2v) is 8.10. The van der Waals surface area contributed by atoms with E-state index in [0.29, 0.717) is 5.69 Å². The van der Waals surface area contributed by atoms with E-state index in [-0.39, 0.29) is 10.5 Å². The van der Waals surface area contributed by atoms with Gasteiger partial charge in [0.2, 0.25) is 10.0 Å². The molecule has 2 aromatic rings. The third-order valence-electron chi connectivity index (χ3n) is 3.95. The van der Waals surface area contributed by atoms with E-state index >= 15 is 0 Å². The Morgan fingerprint density at radius 3 is 2.29 bits per heavy atom. The lowest BCUT2D eigenvalue weighted by atomic mass is 10.2. The van der Waals surface area contributed by atoms with Crippen LogP contribution in [0.15, 0.2) is 53.4 Å². The summed E-state index contributed by atoms with van der Waals surface area (Å²) in [6, 6.07) is 12.6. The number of ether oxygens (including phenoxy) is 1. The fourth-order valence-electron chi connectivity index (χ4n) is 2.28. The first-order chi connectivity index (χ1) is 13.1. The Kier molecular flexibility index (Phi) is 6.76. The topological polar surface area (TPSA) is 105 Å². The Balaban J connectivity index is 2.03. The Hall–Kier alpha value is -2.91. The molecule has 2 N–H and O–H groups in total. The van der Waals surface area contributed by atoms with Gasteiger partial charge < -0.3 is 15.0 Å². The number of hydrogen-bond acceptors (Lipinski definition) is 6. The lowest BCUT2D eigenvalue weighted by molar-refractivity contribution is -0.123. The quantitative estimate of drug-likeness (QED) is 0.681. The first kappa shape index (κ1) is 21.4. The number of nitrogens with zero attached hydrogens (tertiary/aromatic N) is 1. The molecule has 0 saturated carbocycles. The zero-order valence-electron chi connectivity index (χ0n) is 16.1. The highest BCUT2D eigenvalue weighted by Crippen LogP contribution is 2.17. The summed E-state index contributed by atoms with van der Waals surface area (Å²) in [7, 11) is 1.40. The van der Waals surface area contributed by atoms with E-state index < -0.39 is 28.0 Å². The molecule has 0 aliphatic rings. The van der Waals surface area contributed by atoms with Crippen LogP contribution in [0, 0.1) is 0 Å². The zero-order valence-corrected chi connectivity index (χ0v) is 16.9. The molecule has 2 aromatic carbocycles. The summed E-state index contributed by atoms with van der Waals surface area (Å²) in [5.74, 6) is -1.29. The molecule has 0 aliphatic carbocycles. The molecule has 0 radical (unpaired) electrons. The summed E-state index contributed by atoms with van der Waals surface area (Å²) in [6.45, 7) is 1.44. The summed E-state index contributed by atoms with van der Waals surface area (Å²) in [6.07, 6.45) is -1.06. The van der Waals surface area contributed by atoms with Crippen molar-refractivity contribution in [1.82, 2.24) is 4.72 Å². The minimum atomic E-state index is -3.69. The van der Waals surface area contributed by atoms with Crippen LogP contribution in [0.3, 0.4) is 0 Å². The van der Waals surface area contributed by atoms with Crippen LogP contribution in [0.4, 0.5) is 11.4 Å². The highest BCUT2D eigenvalue weighted by molar-refractivity contribution is 7.89. The molecule has 0 aliphatic heterocycles. The molecule has 150 valence electrons. The van der Waals surface area contributed by atoms with E-state index in [1.54, 1.807) is 12.1 Å². The van der Waals surface area contributed by atoms with Crippen LogP contribution >= 0.6 is 0 Å². The number of anilines is 2. The van der Waals surface area contributed by atoms with E-state index in [0.717, 1.165) is 5.69 Å². The molecular weight excluding hydrogens is 382 g/mol. The average molecular weight is 405 g/mol. The van der Waals surface area contributed by atoms with E-state index in [4.69, 9.17) is 4.74 Å². The van der Waals surface area contributed by atoms with Gasteiger partial charge >= 0.3 is 5.97 Å². The van der Waals surface area contributed by atoms with E-state index in [9.17, 15) is 18.0 Å². The van der Waals surface area contributed by atoms with Crippen LogP contribution < -0.4 is 14.9 Å². The van der Waals surface area contributed by atoms with Crippen LogP contribution in [0.25, 0.3) is 0 Å². The van der Waals surface area contributed by atoms with Crippen molar-refractivity contribution >= 4 is 33.3 Å². The number of amides is 1. The number of carbonyl (C=O) groups excluding carboxylic acids is 2. The van der Waals surface area contributed by atoms with Crippen LogP contribution in [0.5, 0.6) is 0 Å². The molecule has 0 unspecified atom stereocenters. The number of carbonyl (C=O) groups is 2. The first-order valence-electron chi connectivity index (χ1n) is 8.47. The summed E-state index contributed by atoms with van der Waals surface area (Å²) in [5.41, 5.74) is 1.58. The normalized spacial score (nSPS) is 12.1. The van der Waals surface area contributed by atoms with Gasteiger partial charge in [0.15, 0.2) is 6.10 Å². The van der Waals surface area contributed by atoms with Gasteiger partial charge in [-0.3, -0.25) is 4.79 Å². The summed E-state index contributed by atoms with van der Waals surface area (Å²) in [5, 5.41) is 2.67. The second kappa shape index (κ2) is 8.85. The summed E-state index contributed by atoms with van der Waals surface area (Å²) < 4.78 is 31.0. The maximum absolute atomic E-state index is 12.3. The molecule has 0 saturated heterocycles. The van der Waals surface area contributed by atoms with E-state index in [1.165, 1.54) is 38.2 Å². The van der Waals surface area contributed by atoms with Crippen molar-refractivity contribution in [1.29, 1.82) is 0 Å². The molecule has 0 heterocycles. The Morgan fingerprint density at radius 2 is 1.71 bits per heavy atom. The maximum Gasteiger partial charge on any atom is 0.338 e. The third kappa shape index (κ3) is 5.30. The lowest BCUT2D eigenvalue weighted by Gasteiger charge is -2.15. The van der Waals surface area contributed by atoms with Crippen molar-refractivity contribution in [2.75, 3.05) is 31.4 Å². The highest BCUT2D eigenvalue weighted by Gasteiger charge is 2.21. The monoisotopic (exact) mass is 405 g/mol. The van der Waals surface area contributed by atoms with Crippen molar-refractivity contribution in [3.63, 3.8) is 0 Å². The van der Waals surface area contributed by atoms with E-state index in [2.05, 4.69) is 10.0 Å². The zero-order chi connectivity index (χ0) is 20.9. The van der Waals surface area contributed by atoms with Gasteiger partial charge in [0.25, 0.3) is 5.91 Å². The second-order valence-electron chi connectivity index (χ2n) is 6.21. The van der Waals surface area contributed by atoms with Gasteiger partial charge in [0, 0.05) is 25.5 Å². The molecule has 0 aromatic heterocycles. The van der Waals surface area contributed by atoms with Crippen molar-refractivity contribution in [3.05, 3.63) is 54.1 Å². The minimum Gasteiger partial charge on any atom is -0.449 e. The third-order valence-corrected chi connectivity index (χ3v) is 5.37. The Morgan fingerprint density at radius 1 is 1.07 bits per heavy atom. The molecule has 1 atom stereocenters. The highest BCUT2D eigenvalue weighted by atomic mass is 32.2. The number of nitrogens with one attached hydrogen (secondary N) is 2. The molecule has 1 amide bonds. The standard InChI is InChI=1S/C19H23N3O5S/c1-13(18(23)21-15-8-10-16(11-9-15)22(3)4)27-19(24)14-6-5-7-17(12-14)28(25,26)20-2/h5-13,20H,1-4H3,(H,21,23)/t13-/m1/s1. The van der Waals surface area contributed by atoms with Gasteiger partial charge in [0.1, 0.15) is 0 Å². The van der Waals surface area contributed by atoms with Crippen molar-refractivity contribution in [3.8, 4) is 0 Å². The fourth-order valence-corrected chi connectivity index (χ4v) is 3.05. The largest absolute Gasteiger partial charge is 0.449 e. The van der Waals surface area contributed by atoms with Crippen LogP contribution in [0.1, 0.15) is 17.3 Å². The van der Waals surface area contributed by atoms with Gasteiger partial charge in [-0.1, -0.05) is 6.07 Å². The smallest absolute Gasteiger partial charge is 0.338 e. The molecular formula is C19H23N3O5S. The summed E-state index contributed by atoms with van der Waals surface area (Å²) in [4.78, 5) is 26.4. The van der Waals surface area contributed by atoms with Crippen molar-refractivity contribution in [2.45, 2.75) is 17.9 Å². The number of rotatable bonds is 7. The van der Waals surface area contributed by atoms with Gasteiger partial charge in [-0.2, -0.15) is 0 Å². The predicted molar refractivity (Wildman–Crippen MR) is 107 cm³/mol. The molecule has 2 rings (SSSR count). The average Bonchev–Trinajstić information content (AvgIpc) is 2.68. The number of sulfonamides is 1. The predicted octanol–water partition coefficient (Wildman–Crippen LogP) is 1.84. The van der Waals surface area contributed by atoms with Crippen LogP contribution in [-0.4, -0.2) is 47.5 Å². The van der Waals surface area contributed by atoms with Gasteiger partial charge in [0.05, 0.1) is 10.5 Å². The Bertz CT molecular complexity index is 956. The Labute approximate surface area is 164 Å². The molecule has 0 bridgehead atoms. The van der Waals surface area contributed by atoms with Gasteiger partial charge in [-0.25, -0.2) is 17.9 Å². The summed E-state index contributed by atoms with van der Waals surface area (Å²) >= 11 is 0. The van der Waals surface area contributed by atoms with E-state index in [1.807, 2.05) is 31.1 Å². The number of hydrogen-bond donors (Lipinski definition) is 2. The minimum absolute atomic E-state index is 0.0336. The van der Waals surface area contributed by atoms with Gasteiger partial charge in [-0.05, 0) is 56.4 Å².